The van der Waals surface area contributed by atoms with Gasteiger partial charge < -0.3 is 20.1 Å². The smallest absolute Gasteiger partial charge is 0.277 e. The lowest BCUT2D eigenvalue weighted by Crippen LogP contribution is -2.44. The van der Waals surface area contributed by atoms with E-state index in [0.717, 1.165) is 50.3 Å². The van der Waals surface area contributed by atoms with Crippen LogP contribution in [-0.4, -0.2) is 69.1 Å². The van der Waals surface area contributed by atoms with Gasteiger partial charge in [0, 0.05) is 39.8 Å². The maximum absolute atomic E-state index is 12.9. The number of rotatable bonds is 8. The van der Waals surface area contributed by atoms with Crippen LogP contribution in [0.1, 0.15) is 37.6 Å². The van der Waals surface area contributed by atoms with Crippen molar-refractivity contribution in [2.45, 2.75) is 32.8 Å². The van der Waals surface area contributed by atoms with Crippen molar-refractivity contribution >= 4 is 11.0 Å². The molecule has 1 aliphatic rings. The molecular formula is C23H32N6O3. The first-order valence-corrected chi connectivity index (χ1v) is 11.4. The topological polar surface area (TPSA) is 108 Å². The quantitative estimate of drug-likeness (QED) is 0.488. The van der Waals surface area contributed by atoms with Crippen molar-refractivity contribution in [3.05, 3.63) is 39.8 Å². The molecule has 3 aromatic rings. The zero-order valence-electron chi connectivity index (χ0n) is 19.0. The van der Waals surface area contributed by atoms with Gasteiger partial charge in [0.15, 0.2) is 5.52 Å². The van der Waals surface area contributed by atoms with Gasteiger partial charge in [-0.2, -0.15) is 5.10 Å². The summed E-state index contributed by atoms with van der Waals surface area (Å²) in [6.07, 6.45) is 1.01. The fourth-order valence-electron chi connectivity index (χ4n) is 4.24. The highest BCUT2D eigenvalue weighted by molar-refractivity contribution is 5.79. The van der Waals surface area contributed by atoms with Crippen LogP contribution in [0.4, 0.5) is 0 Å². The first-order chi connectivity index (χ1) is 15.5. The summed E-state index contributed by atoms with van der Waals surface area (Å²) in [5.41, 5.74) is 3.08. The van der Waals surface area contributed by atoms with E-state index < -0.39 is 6.10 Å². The Balaban J connectivity index is 1.75. The molecule has 0 aliphatic carbocycles. The van der Waals surface area contributed by atoms with Crippen LogP contribution < -0.4 is 15.6 Å². The van der Waals surface area contributed by atoms with Gasteiger partial charge in [-0.05, 0) is 31.0 Å². The van der Waals surface area contributed by atoms with Gasteiger partial charge in [-0.15, -0.1) is 0 Å². The van der Waals surface area contributed by atoms with Crippen LogP contribution >= 0.6 is 0 Å². The van der Waals surface area contributed by atoms with Crippen LogP contribution in [0.3, 0.4) is 0 Å². The zero-order chi connectivity index (χ0) is 22.7. The Hall–Kier alpha value is -2.75. The molecule has 1 atom stereocenters. The Morgan fingerprint density at radius 3 is 2.75 bits per heavy atom. The maximum atomic E-state index is 12.9. The van der Waals surface area contributed by atoms with Gasteiger partial charge in [-0.1, -0.05) is 19.4 Å². The number of piperazine rings is 1. The van der Waals surface area contributed by atoms with E-state index in [0.29, 0.717) is 41.3 Å². The van der Waals surface area contributed by atoms with Gasteiger partial charge >= 0.3 is 0 Å². The number of aliphatic hydroxyl groups is 1. The van der Waals surface area contributed by atoms with E-state index in [2.05, 4.69) is 27.2 Å². The minimum Gasteiger partial charge on any atom is -0.493 e. The lowest BCUT2D eigenvalue weighted by atomic mass is 10.0. The summed E-state index contributed by atoms with van der Waals surface area (Å²) < 4.78 is 7.42. The molecule has 2 aromatic heterocycles. The molecule has 0 spiro atoms. The molecule has 0 bridgehead atoms. The average molecular weight is 441 g/mol. The highest BCUT2D eigenvalue weighted by atomic mass is 16.5. The SMILES string of the molecule is CCCc1nn(C)c2c(=O)[nH]c(-c3cc(C(O)CN4CCNCC4)ccc3OCC)nc12. The number of H-pyrrole nitrogens is 1. The first kappa shape index (κ1) is 22.4. The third-order valence-corrected chi connectivity index (χ3v) is 5.83. The number of aryl methyl sites for hydroxylation is 2. The van der Waals surface area contributed by atoms with E-state index in [1.54, 1.807) is 11.7 Å². The molecule has 0 amide bonds. The van der Waals surface area contributed by atoms with Crippen molar-refractivity contribution < 1.29 is 9.84 Å². The minimum absolute atomic E-state index is 0.239. The molecular weight excluding hydrogens is 408 g/mol. The monoisotopic (exact) mass is 440 g/mol. The third-order valence-electron chi connectivity index (χ3n) is 5.83. The predicted molar refractivity (Wildman–Crippen MR) is 124 cm³/mol. The highest BCUT2D eigenvalue weighted by Gasteiger charge is 2.20. The number of hydrogen-bond acceptors (Lipinski definition) is 7. The number of aliphatic hydroxyl groups excluding tert-OH is 1. The number of nitrogens with zero attached hydrogens (tertiary/aromatic N) is 4. The van der Waals surface area contributed by atoms with Crippen molar-refractivity contribution in [2.24, 2.45) is 7.05 Å². The van der Waals surface area contributed by atoms with Crippen molar-refractivity contribution in [2.75, 3.05) is 39.3 Å². The van der Waals surface area contributed by atoms with Gasteiger partial charge in [0.1, 0.15) is 17.1 Å². The summed E-state index contributed by atoms with van der Waals surface area (Å²) in [4.78, 5) is 22.8. The number of β-amino-alcohol motifs (C(OH)–C–C–N with tert-alkyl or cyclic N) is 1. The summed E-state index contributed by atoms with van der Waals surface area (Å²) in [5.74, 6) is 1.04. The fourth-order valence-corrected chi connectivity index (χ4v) is 4.24. The van der Waals surface area contributed by atoms with Gasteiger partial charge in [-0.25, -0.2) is 4.98 Å². The molecule has 1 aromatic carbocycles. The summed E-state index contributed by atoms with van der Waals surface area (Å²) in [6.45, 7) is 8.70. The third kappa shape index (κ3) is 4.55. The van der Waals surface area contributed by atoms with E-state index in [9.17, 15) is 9.90 Å². The molecule has 172 valence electrons. The van der Waals surface area contributed by atoms with Gasteiger partial charge in [0.2, 0.25) is 0 Å². The Bertz CT molecular complexity index is 1130. The van der Waals surface area contributed by atoms with Crippen LogP contribution in [0.5, 0.6) is 5.75 Å². The second-order valence-electron chi connectivity index (χ2n) is 8.19. The van der Waals surface area contributed by atoms with Crippen molar-refractivity contribution in [3.8, 4) is 17.1 Å². The predicted octanol–water partition coefficient (Wildman–Crippen LogP) is 1.61. The Morgan fingerprint density at radius 2 is 2.03 bits per heavy atom. The van der Waals surface area contributed by atoms with Gasteiger partial charge in [-0.3, -0.25) is 14.4 Å². The Labute approximate surface area is 187 Å². The molecule has 1 unspecified atom stereocenters. The second-order valence-corrected chi connectivity index (χ2v) is 8.19. The highest BCUT2D eigenvalue weighted by Crippen LogP contribution is 2.31. The van der Waals surface area contributed by atoms with Crippen molar-refractivity contribution in [3.63, 3.8) is 0 Å². The zero-order valence-corrected chi connectivity index (χ0v) is 19.0. The lowest BCUT2D eigenvalue weighted by Gasteiger charge is -2.29. The molecule has 0 radical (unpaired) electrons. The van der Waals surface area contributed by atoms with E-state index in [1.165, 1.54) is 0 Å². The number of hydrogen-bond donors (Lipinski definition) is 3. The number of aromatic amines is 1. The van der Waals surface area contributed by atoms with Crippen LogP contribution in [0.15, 0.2) is 23.0 Å². The van der Waals surface area contributed by atoms with E-state index >= 15 is 0 Å². The maximum Gasteiger partial charge on any atom is 0.277 e. The first-order valence-electron chi connectivity index (χ1n) is 11.4. The number of ether oxygens (including phenoxy) is 1. The van der Waals surface area contributed by atoms with E-state index in [1.807, 2.05) is 25.1 Å². The normalized spacial score (nSPS) is 15.9. The van der Waals surface area contributed by atoms with Crippen molar-refractivity contribution in [1.82, 2.24) is 30.0 Å². The molecule has 9 nitrogen and oxygen atoms in total. The summed E-state index contributed by atoms with van der Waals surface area (Å²) in [7, 11) is 1.76. The Kier molecular flexibility index (Phi) is 6.88. The number of nitrogens with one attached hydrogen (secondary N) is 2. The average Bonchev–Trinajstić information content (AvgIpc) is 3.10. The van der Waals surface area contributed by atoms with Crippen molar-refractivity contribution in [1.29, 1.82) is 0 Å². The lowest BCUT2D eigenvalue weighted by molar-refractivity contribution is 0.105. The standard InChI is InChI=1S/C23H32N6O3/c1-4-6-17-20-21(28(3)27-17)23(31)26-22(25-20)16-13-15(7-8-19(16)32-5-2)18(30)14-29-11-9-24-10-12-29/h7-8,13,18,24,30H,4-6,9-12,14H2,1-3H3,(H,25,26,31). The van der Waals surface area contributed by atoms with Crippen LogP contribution in [-0.2, 0) is 13.5 Å². The number of aromatic nitrogens is 4. The summed E-state index contributed by atoms with van der Waals surface area (Å²) >= 11 is 0. The number of fused-ring (bicyclic) bond motifs is 1. The summed E-state index contributed by atoms with van der Waals surface area (Å²) in [6, 6.07) is 5.60. The molecule has 1 aliphatic heterocycles. The fraction of sp³-hybridized carbons (Fsp3) is 0.522. The number of benzene rings is 1. The molecule has 32 heavy (non-hydrogen) atoms. The van der Waals surface area contributed by atoms with Crippen LogP contribution in [0.25, 0.3) is 22.4 Å². The Morgan fingerprint density at radius 1 is 1.25 bits per heavy atom. The molecule has 1 fully saturated rings. The van der Waals surface area contributed by atoms with E-state index in [4.69, 9.17) is 9.72 Å². The molecule has 3 heterocycles. The van der Waals surface area contributed by atoms with E-state index in [-0.39, 0.29) is 5.56 Å². The van der Waals surface area contributed by atoms with Gasteiger partial charge in [0.25, 0.3) is 5.56 Å². The second kappa shape index (κ2) is 9.81. The summed E-state index contributed by atoms with van der Waals surface area (Å²) in [5, 5.41) is 18.7. The molecule has 0 saturated carbocycles. The van der Waals surface area contributed by atoms with Crippen LogP contribution in [0, 0.1) is 0 Å². The molecule has 9 heteroatoms. The van der Waals surface area contributed by atoms with Crippen LogP contribution in [0.2, 0.25) is 0 Å². The molecule has 4 rings (SSSR count). The molecule has 3 N–H and O–H groups in total. The largest absolute Gasteiger partial charge is 0.493 e. The molecule has 1 saturated heterocycles. The van der Waals surface area contributed by atoms with Gasteiger partial charge in [0.05, 0.1) is 24.0 Å². The minimum atomic E-state index is -0.646.